The van der Waals surface area contributed by atoms with Gasteiger partial charge in [-0.15, -0.1) is 0 Å². The minimum atomic E-state index is 0.470. The van der Waals surface area contributed by atoms with Crippen LogP contribution in [0, 0.1) is 6.92 Å². The Labute approximate surface area is 84.8 Å². The Hall–Kier alpha value is -1.25. The molecule has 1 aliphatic rings. The molecule has 1 atom stereocenters. The Kier molecular flexibility index (Phi) is 2.57. The van der Waals surface area contributed by atoms with Crippen molar-refractivity contribution in [3.8, 4) is 0 Å². The largest absolute Gasteiger partial charge is 0.362 e. The van der Waals surface area contributed by atoms with Crippen molar-refractivity contribution in [2.24, 2.45) is 7.05 Å². The van der Waals surface area contributed by atoms with Crippen LogP contribution in [0.3, 0.4) is 0 Å². The lowest BCUT2D eigenvalue weighted by Crippen LogP contribution is -2.18. The van der Waals surface area contributed by atoms with E-state index in [1.54, 1.807) is 0 Å². The van der Waals surface area contributed by atoms with Gasteiger partial charge < -0.3 is 5.32 Å². The first-order chi connectivity index (χ1) is 6.75. The number of aryl methyl sites for hydroxylation is 2. The minimum absolute atomic E-state index is 0.470. The average Bonchev–Trinajstić information content (AvgIpc) is 2.47. The number of hydrogen-bond acceptors (Lipinski definition) is 2. The summed E-state index contributed by atoms with van der Waals surface area (Å²) in [7, 11) is 1.97. The van der Waals surface area contributed by atoms with Gasteiger partial charge in [0.05, 0.1) is 0 Å². The molecule has 3 nitrogen and oxygen atoms in total. The average molecular weight is 191 g/mol. The number of anilines is 1. The zero-order chi connectivity index (χ0) is 9.97. The summed E-state index contributed by atoms with van der Waals surface area (Å²) in [6.45, 7) is 2.06. The molecule has 2 rings (SSSR count). The van der Waals surface area contributed by atoms with Crippen molar-refractivity contribution in [2.45, 2.75) is 32.2 Å². The highest BCUT2D eigenvalue weighted by molar-refractivity contribution is 5.38. The lowest BCUT2D eigenvalue weighted by Gasteiger charge is -2.17. The second kappa shape index (κ2) is 3.86. The minimum Gasteiger partial charge on any atom is -0.362 e. The molecule has 1 heterocycles. The van der Waals surface area contributed by atoms with Crippen LogP contribution in [0.5, 0.6) is 0 Å². The normalized spacial score (nSPS) is 21.1. The van der Waals surface area contributed by atoms with Crippen molar-refractivity contribution < 1.29 is 0 Å². The van der Waals surface area contributed by atoms with Crippen LogP contribution < -0.4 is 5.32 Å². The smallest absolute Gasteiger partial charge is 0.148 e. The summed E-state index contributed by atoms with van der Waals surface area (Å²) in [6, 6.07) is 2.56. The van der Waals surface area contributed by atoms with Crippen LogP contribution in [0.25, 0.3) is 0 Å². The third-order valence-electron chi connectivity index (χ3n) is 2.70. The van der Waals surface area contributed by atoms with Gasteiger partial charge in [-0.2, -0.15) is 5.10 Å². The Morgan fingerprint density at radius 3 is 3.00 bits per heavy atom. The van der Waals surface area contributed by atoms with Crippen molar-refractivity contribution in [1.29, 1.82) is 0 Å². The molecule has 0 saturated heterocycles. The molecule has 1 N–H and O–H groups in total. The van der Waals surface area contributed by atoms with Crippen molar-refractivity contribution in [3.63, 3.8) is 0 Å². The van der Waals surface area contributed by atoms with E-state index in [0.29, 0.717) is 6.04 Å². The van der Waals surface area contributed by atoms with Crippen LogP contribution in [-0.4, -0.2) is 15.8 Å². The molecule has 1 unspecified atom stereocenters. The van der Waals surface area contributed by atoms with Gasteiger partial charge in [0.1, 0.15) is 5.82 Å². The van der Waals surface area contributed by atoms with Gasteiger partial charge in [-0.3, -0.25) is 4.68 Å². The third-order valence-corrected chi connectivity index (χ3v) is 2.70. The van der Waals surface area contributed by atoms with E-state index in [0.717, 1.165) is 5.82 Å². The SMILES string of the molecule is Cc1cc(NC2C=CCCC2)nn1C. The summed E-state index contributed by atoms with van der Waals surface area (Å²) >= 11 is 0. The molecule has 1 aliphatic carbocycles. The quantitative estimate of drug-likeness (QED) is 0.727. The highest BCUT2D eigenvalue weighted by Crippen LogP contribution is 2.15. The summed E-state index contributed by atoms with van der Waals surface area (Å²) in [5, 5.41) is 7.80. The fourth-order valence-corrected chi connectivity index (χ4v) is 1.75. The molecule has 3 heteroatoms. The second-order valence-electron chi connectivity index (χ2n) is 3.90. The molecular formula is C11H17N3. The van der Waals surface area contributed by atoms with E-state index in [4.69, 9.17) is 0 Å². The van der Waals surface area contributed by atoms with E-state index in [9.17, 15) is 0 Å². The van der Waals surface area contributed by atoms with E-state index in [1.807, 2.05) is 11.7 Å². The molecule has 0 radical (unpaired) electrons. The van der Waals surface area contributed by atoms with E-state index >= 15 is 0 Å². The molecule has 0 spiro atoms. The summed E-state index contributed by atoms with van der Waals surface area (Å²) in [5.74, 6) is 0.988. The van der Waals surface area contributed by atoms with Crippen molar-refractivity contribution >= 4 is 5.82 Å². The first kappa shape index (κ1) is 9.31. The van der Waals surface area contributed by atoms with Gasteiger partial charge in [-0.25, -0.2) is 0 Å². The van der Waals surface area contributed by atoms with Crippen molar-refractivity contribution in [3.05, 3.63) is 23.9 Å². The number of nitrogens with one attached hydrogen (secondary N) is 1. The van der Waals surface area contributed by atoms with Gasteiger partial charge in [-0.1, -0.05) is 12.2 Å². The Morgan fingerprint density at radius 2 is 2.43 bits per heavy atom. The predicted molar refractivity (Wildman–Crippen MR) is 58.3 cm³/mol. The summed E-state index contributed by atoms with van der Waals surface area (Å²) in [5.41, 5.74) is 1.19. The Balaban J connectivity index is 2.02. The summed E-state index contributed by atoms with van der Waals surface area (Å²) < 4.78 is 1.90. The van der Waals surface area contributed by atoms with Gasteiger partial charge in [0.25, 0.3) is 0 Å². The van der Waals surface area contributed by atoms with Crippen LogP contribution in [0.1, 0.15) is 25.0 Å². The number of allylic oxidation sites excluding steroid dienone is 1. The Bertz CT molecular complexity index is 319. The summed E-state index contributed by atoms with van der Waals surface area (Å²) in [6.07, 6.45) is 8.20. The molecule has 0 aromatic carbocycles. The maximum atomic E-state index is 4.38. The third kappa shape index (κ3) is 1.97. The standard InChI is InChI=1S/C11H17N3/c1-9-8-11(13-14(9)2)12-10-6-4-3-5-7-10/h4,6,8,10H,3,5,7H2,1-2H3,(H,12,13). The second-order valence-corrected chi connectivity index (χ2v) is 3.90. The molecule has 0 amide bonds. The molecule has 1 aromatic rings. The zero-order valence-electron chi connectivity index (χ0n) is 8.83. The number of rotatable bonds is 2. The molecule has 0 bridgehead atoms. The van der Waals surface area contributed by atoms with E-state index in [1.165, 1.54) is 25.0 Å². The fraction of sp³-hybridized carbons (Fsp3) is 0.545. The fourth-order valence-electron chi connectivity index (χ4n) is 1.75. The van der Waals surface area contributed by atoms with Gasteiger partial charge in [0.15, 0.2) is 0 Å². The molecule has 0 saturated carbocycles. The molecule has 0 fully saturated rings. The molecular weight excluding hydrogens is 174 g/mol. The van der Waals surface area contributed by atoms with E-state index < -0.39 is 0 Å². The van der Waals surface area contributed by atoms with Crippen LogP contribution in [0.2, 0.25) is 0 Å². The van der Waals surface area contributed by atoms with Crippen LogP contribution in [-0.2, 0) is 7.05 Å². The maximum Gasteiger partial charge on any atom is 0.148 e. The highest BCUT2D eigenvalue weighted by atomic mass is 15.3. The van der Waals surface area contributed by atoms with Gasteiger partial charge in [0, 0.05) is 24.8 Å². The lowest BCUT2D eigenvalue weighted by molar-refractivity contribution is 0.667. The van der Waals surface area contributed by atoms with Crippen molar-refractivity contribution in [1.82, 2.24) is 9.78 Å². The van der Waals surface area contributed by atoms with E-state index in [2.05, 4.69) is 35.6 Å². The van der Waals surface area contributed by atoms with Crippen LogP contribution >= 0.6 is 0 Å². The van der Waals surface area contributed by atoms with Crippen molar-refractivity contribution in [2.75, 3.05) is 5.32 Å². The van der Waals surface area contributed by atoms with Gasteiger partial charge in [0.2, 0.25) is 0 Å². The molecule has 14 heavy (non-hydrogen) atoms. The maximum absolute atomic E-state index is 4.38. The monoisotopic (exact) mass is 191 g/mol. The van der Waals surface area contributed by atoms with Gasteiger partial charge >= 0.3 is 0 Å². The Morgan fingerprint density at radius 1 is 1.57 bits per heavy atom. The highest BCUT2D eigenvalue weighted by Gasteiger charge is 2.09. The number of aromatic nitrogens is 2. The molecule has 1 aromatic heterocycles. The number of nitrogens with zero attached hydrogens (tertiary/aromatic N) is 2. The summed E-state index contributed by atoms with van der Waals surface area (Å²) in [4.78, 5) is 0. The lowest BCUT2D eigenvalue weighted by atomic mass is 10.0. The van der Waals surface area contributed by atoms with Gasteiger partial charge in [-0.05, 0) is 26.2 Å². The molecule has 76 valence electrons. The van der Waals surface area contributed by atoms with E-state index in [-0.39, 0.29) is 0 Å². The predicted octanol–water partition coefficient (Wildman–Crippen LogP) is 2.25. The zero-order valence-corrected chi connectivity index (χ0v) is 8.83. The topological polar surface area (TPSA) is 29.9 Å². The van der Waals surface area contributed by atoms with Crippen LogP contribution in [0.4, 0.5) is 5.82 Å². The first-order valence-corrected chi connectivity index (χ1v) is 5.19. The first-order valence-electron chi connectivity index (χ1n) is 5.19. The van der Waals surface area contributed by atoms with Crippen LogP contribution in [0.15, 0.2) is 18.2 Å². The number of hydrogen-bond donors (Lipinski definition) is 1. The molecule has 0 aliphatic heterocycles.